The molecule has 1 aromatic heterocycles. The Bertz CT molecular complexity index is 1750. The van der Waals surface area contributed by atoms with Crippen molar-refractivity contribution in [3.63, 3.8) is 0 Å². The van der Waals surface area contributed by atoms with E-state index in [0.29, 0.717) is 25.6 Å². The number of hydrogen-bond acceptors (Lipinski definition) is 5. The lowest BCUT2D eigenvalue weighted by Gasteiger charge is -2.41. The Morgan fingerprint density at radius 3 is 2.37 bits per heavy atom. The quantitative estimate of drug-likeness (QED) is 0.147. The molecule has 1 saturated heterocycles. The maximum atomic E-state index is 14.9. The number of nitrogens with zero attached hydrogens (tertiary/aromatic N) is 2. The minimum Gasteiger partial charge on any atom is -0.448 e. The van der Waals surface area contributed by atoms with Gasteiger partial charge in [-0.15, -0.1) is 0 Å². The van der Waals surface area contributed by atoms with E-state index in [2.05, 4.69) is 88.1 Å². The van der Waals surface area contributed by atoms with Gasteiger partial charge in [0.2, 0.25) is 5.91 Å². The fourth-order valence-electron chi connectivity index (χ4n) is 8.30. The Morgan fingerprint density at radius 2 is 1.65 bits per heavy atom. The van der Waals surface area contributed by atoms with Crippen LogP contribution in [0.5, 0.6) is 0 Å². The number of carbonyl (C=O) groups excluding carboxylic acids is 2. The summed E-state index contributed by atoms with van der Waals surface area (Å²) in [6.45, 7) is 2.79. The van der Waals surface area contributed by atoms with Crippen molar-refractivity contribution in [2.75, 3.05) is 40.0 Å². The predicted molar refractivity (Wildman–Crippen MR) is 191 cm³/mol. The molecule has 3 atom stereocenters. The molecule has 3 aliphatic carbocycles. The molecule has 8 rings (SSSR count). The van der Waals surface area contributed by atoms with Gasteiger partial charge in [-0.05, 0) is 91.3 Å². The van der Waals surface area contributed by atoms with E-state index in [1.54, 1.807) is 12.0 Å². The van der Waals surface area contributed by atoms with E-state index in [1.807, 2.05) is 6.07 Å². The summed E-state index contributed by atoms with van der Waals surface area (Å²) in [4.78, 5) is 36.3. The van der Waals surface area contributed by atoms with Gasteiger partial charge >= 0.3 is 6.09 Å². The lowest BCUT2D eigenvalue weighted by Crippen LogP contribution is -2.55. The van der Waals surface area contributed by atoms with Gasteiger partial charge in [-0.3, -0.25) is 4.79 Å². The van der Waals surface area contributed by atoms with E-state index in [-0.39, 0.29) is 48.6 Å². The van der Waals surface area contributed by atoms with Crippen LogP contribution in [-0.4, -0.2) is 78.8 Å². The summed E-state index contributed by atoms with van der Waals surface area (Å²) in [5.74, 6) is 0.553. The van der Waals surface area contributed by atoms with Crippen molar-refractivity contribution in [3.8, 4) is 11.1 Å². The number of amides is 2. The van der Waals surface area contributed by atoms with Crippen molar-refractivity contribution in [3.05, 3.63) is 95.7 Å². The average Bonchev–Trinajstić information content (AvgIpc) is 4.08. The van der Waals surface area contributed by atoms with Gasteiger partial charge in [-0.1, -0.05) is 66.7 Å². The van der Waals surface area contributed by atoms with E-state index < -0.39 is 0 Å². The highest BCUT2D eigenvalue weighted by atomic mass is 16.6. The summed E-state index contributed by atoms with van der Waals surface area (Å²) in [5.41, 5.74) is 7.07. The highest BCUT2D eigenvalue weighted by Gasteiger charge is 2.44. The van der Waals surface area contributed by atoms with E-state index in [4.69, 9.17) is 9.47 Å². The Labute approximate surface area is 289 Å². The van der Waals surface area contributed by atoms with Crippen molar-refractivity contribution in [1.82, 2.24) is 20.1 Å². The van der Waals surface area contributed by atoms with Crippen molar-refractivity contribution < 1.29 is 19.1 Å². The molecule has 256 valence electrons. The zero-order valence-electron chi connectivity index (χ0n) is 28.5. The first-order valence-electron chi connectivity index (χ1n) is 18.3. The van der Waals surface area contributed by atoms with E-state index >= 15 is 0 Å². The molecule has 0 bridgehead atoms. The molecule has 2 heterocycles. The first-order valence-corrected chi connectivity index (χ1v) is 18.3. The number of piperidine rings is 1. The number of aromatic nitrogens is 1. The van der Waals surface area contributed by atoms with Gasteiger partial charge in [-0.2, -0.15) is 0 Å². The molecule has 4 aromatic rings. The molecule has 0 spiro atoms. The van der Waals surface area contributed by atoms with Crippen LogP contribution in [0.25, 0.3) is 22.0 Å². The molecule has 2 saturated carbocycles. The summed E-state index contributed by atoms with van der Waals surface area (Å²) in [6, 6.07) is 25.4. The van der Waals surface area contributed by atoms with Crippen molar-refractivity contribution in [1.29, 1.82) is 0 Å². The molecule has 0 radical (unpaired) electrons. The van der Waals surface area contributed by atoms with Gasteiger partial charge in [-0.25, -0.2) is 4.79 Å². The average molecular weight is 661 g/mol. The topological polar surface area (TPSA) is 86.9 Å². The van der Waals surface area contributed by atoms with E-state index in [0.717, 1.165) is 49.6 Å². The number of rotatable bonds is 13. The first-order chi connectivity index (χ1) is 24.1. The number of para-hydroxylation sites is 1. The number of carbonyl (C=O) groups is 2. The second kappa shape index (κ2) is 14.0. The van der Waals surface area contributed by atoms with Gasteiger partial charge < -0.3 is 29.6 Å². The van der Waals surface area contributed by atoms with Gasteiger partial charge in [0.25, 0.3) is 0 Å². The zero-order chi connectivity index (χ0) is 33.3. The third-order valence-electron chi connectivity index (χ3n) is 11.1. The van der Waals surface area contributed by atoms with Gasteiger partial charge in [0.05, 0.1) is 12.0 Å². The summed E-state index contributed by atoms with van der Waals surface area (Å²) in [6.07, 6.45) is 8.70. The summed E-state index contributed by atoms with van der Waals surface area (Å²) < 4.78 is 11.6. The number of fused-ring (bicyclic) bond motifs is 4. The minimum atomic E-state index is -0.330. The number of aromatic amines is 1. The fourth-order valence-corrected chi connectivity index (χ4v) is 8.30. The first kappa shape index (κ1) is 32.1. The van der Waals surface area contributed by atoms with E-state index in [1.165, 1.54) is 40.7 Å². The number of benzene rings is 3. The van der Waals surface area contributed by atoms with Crippen LogP contribution in [0, 0.1) is 11.8 Å². The number of ether oxygens (including phenoxy) is 2. The van der Waals surface area contributed by atoms with Crippen LogP contribution in [0.4, 0.5) is 4.79 Å². The summed E-state index contributed by atoms with van der Waals surface area (Å²) in [7, 11) is 1.74. The van der Waals surface area contributed by atoms with Crippen molar-refractivity contribution in [2.24, 2.45) is 11.8 Å². The largest absolute Gasteiger partial charge is 0.448 e. The van der Waals surface area contributed by atoms with Crippen LogP contribution < -0.4 is 5.32 Å². The fraction of sp³-hybridized carbons (Fsp3) is 0.463. The van der Waals surface area contributed by atoms with Crippen molar-refractivity contribution >= 4 is 22.9 Å². The van der Waals surface area contributed by atoms with Gasteiger partial charge in [0, 0.05) is 61.9 Å². The maximum Gasteiger partial charge on any atom is 0.409 e. The SMILES string of the molecule is COCCCC(c1c[nH]c2ccccc12)N(C(=O)[C@@H]1C[C@H](NCC2CC2)CN(C(=O)OCC2c3ccccc3-c3ccccc32)C1)C1CC1. The number of nitrogens with one attached hydrogen (secondary N) is 2. The molecule has 2 amide bonds. The van der Waals surface area contributed by atoms with Gasteiger partial charge in [0.1, 0.15) is 6.61 Å². The Balaban J connectivity index is 1.03. The molecule has 1 aliphatic heterocycles. The molecule has 49 heavy (non-hydrogen) atoms. The van der Waals surface area contributed by atoms with Crippen LogP contribution in [-0.2, 0) is 14.3 Å². The maximum absolute atomic E-state index is 14.9. The Morgan fingerprint density at radius 1 is 0.939 bits per heavy atom. The third kappa shape index (κ3) is 6.73. The second-order valence-electron chi connectivity index (χ2n) is 14.6. The Kier molecular flexibility index (Phi) is 9.17. The number of hydrogen-bond donors (Lipinski definition) is 2. The summed E-state index contributed by atoms with van der Waals surface area (Å²) >= 11 is 0. The summed E-state index contributed by atoms with van der Waals surface area (Å²) in [5, 5.41) is 4.90. The Hall–Kier alpha value is -4.14. The molecule has 8 nitrogen and oxygen atoms in total. The van der Waals surface area contributed by atoms with Crippen molar-refractivity contribution in [2.45, 2.75) is 69.0 Å². The van der Waals surface area contributed by atoms with Gasteiger partial charge in [0.15, 0.2) is 0 Å². The number of methoxy groups -OCH3 is 1. The van der Waals surface area contributed by atoms with Crippen LogP contribution in [0.3, 0.4) is 0 Å². The molecule has 3 fully saturated rings. The number of likely N-dealkylation sites (tertiary alicyclic amines) is 1. The molecule has 3 aromatic carbocycles. The lowest BCUT2D eigenvalue weighted by atomic mass is 9.90. The standard InChI is InChI=1S/C41H48N4O4/c1-48-20-8-15-39(36-23-43-38-14-7-6-13-35(36)38)45(30-18-19-30)40(46)28-21-29(42-22-27-16-17-27)25-44(24-28)41(47)49-26-37-33-11-4-2-9-31(33)32-10-3-5-12-34(32)37/h2-7,9-14,23,27-30,37,39,42-43H,8,15-22,24-26H2,1H3/t28-,29+,39?/m1/s1. The zero-order valence-corrected chi connectivity index (χ0v) is 28.5. The van der Waals surface area contributed by atoms with Crippen LogP contribution in [0.15, 0.2) is 79.0 Å². The number of H-pyrrole nitrogens is 1. The monoisotopic (exact) mass is 660 g/mol. The highest BCUT2D eigenvalue weighted by molar-refractivity contribution is 5.86. The molecular formula is C41H48N4O4. The van der Waals surface area contributed by atoms with Crippen LogP contribution in [0.1, 0.15) is 73.6 Å². The van der Waals surface area contributed by atoms with Crippen LogP contribution in [0.2, 0.25) is 0 Å². The van der Waals surface area contributed by atoms with E-state index in [9.17, 15) is 9.59 Å². The molecule has 4 aliphatic rings. The molecule has 1 unspecified atom stereocenters. The lowest BCUT2D eigenvalue weighted by molar-refractivity contribution is -0.141. The molecule has 2 N–H and O–H groups in total. The molecule has 8 heteroatoms. The molecular weight excluding hydrogens is 612 g/mol. The minimum absolute atomic E-state index is 0.00301. The predicted octanol–water partition coefficient (Wildman–Crippen LogP) is 7.27. The second-order valence-corrected chi connectivity index (χ2v) is 14.6. The highest BCUT2D eigenvalue weighted by Crippen LogP contribution is 2.45. The normalized spacial score (nSPS) is 21.0. The van der Waals surface area contributed by atoms with Crippen LogP contribution >= 0.6 is 0 Å². The third-order valence-corrected chi connectivity index (χ3v) is 11.1. The smallest absolute Gasteiger partial charge is 0.409 e.